The van der Waals surface area contributed by atoms with Gasteiger partial charge < -0.3 is 0 Å². The molecule has 0 unspecified atom stereocenters. The summed E-state index contributed by atoms with van der Waals surface area (Å²) in [7, 11) is -4.01. The normalized spacial score (nSPS) is 11.3. The van der Waals surface area contributed by atoms with Crippen LogP contribution in [0.1, 0.15) is 10.5 Å². The number of rotatable bonds is 3. The summed E-state index contributed by atoms with van der Waals surface area (Å²) in [5, 5.41) is 1.13. The zero-order chi connectivity index (χ0) is 16.4. The number of carbonyl (C=O) groups is 1. The molecule has 5 nitrogen and oxygen atoms in total. The Morgan fingerprint density at radius 3 is 2.57 bits per heavy atom. The molecule has 1 aromatic heterocycles. The van der Waals surface area contributed by atoms with E-state index in [0.29, 0.717) is 5.52 Å². The largest absolute Gasteiger partial charge is 0.283 e. The Bertz CT molecular complexity index is 1000. The molecule has 3 rings (SSSR count). The van der Waals surface area contributed by atoms with E-state index in [1.54, 1.807) is 24.3 Å². The predicted molar refractivity (Wildman–Crippen MR) is 87.8 cm³/mol. The highest BCUT2D eigenvalue weighted by Crippen LogP contribution is 2.16. The SMILES string of the molecule is O=C(NS(=O)(=O)c1cccc(Cl)c1)c1ccc2ccccc2n1. The van der Waals surface area contributed by atoms with Crippen LogP contribution in [-0.2, 0) is 10.0 Å². The van der Waals surface area contributed by atoms with Gasteiger partial charge in [-0.05, 0) is 30.3 Å². The zero-order valence-electron chi connectivity index (χ0n) is 11.7. The van der Waals surface area contributed by atoms with E-state index in [4.69, 9.17) is 11.6 Å². The molecule has 0 saturated carbocycles. The van der Waals surface area contributed by atoms with Crippen LogP contribution in [0.2, 0.25) is 5.02 Å². The van der Waals surface area contributed by atoms with Crippen molar-refractivity contribution in [2.45, 2.75) is 4.90 Å². The highest BCUT2D eigenvalue weighted by atomic mass is 35.5. The summed E-state index contributed by atoms with van der Waals surface area (Å²) in [5.41, 5.74) is 0.634. The van der Waals surface area contributed by atoms with Crippen molar-refractivity contribution in [3.05, 3.63) is 71.4 Å². The first-order valence-corrected chi connectivity index (χ1v) is 8.50. The number of hydrogen-bond donors (Lipinski definition) is 1. The summed E-state index contributed by atoms with van der Waals surface area (Å²) in [6.07, 6.45) is 0. The molecule has 0 atom stereocenters. The maximum atomic E-state index is 12.2. The highest BCUT2D eigenvalue weighted by Gasteiger charge is 2.19. The van der Waals surface area contributed by atoms with Crippen LogP contribution < -0.4 is 4.72 Å². The molecule has 1 heterocycles. The molecule has 23 heavy (non-hydrogen) atoms. The van der Waals surface area contributed by atoms with Gasteiger partial charge in [-0.25, -0.2) is 18.1 Å². The number of nitrogens with one attached hydrogen (secondary N) is 1. The third kappa shape index (κ3) is 3.33. The first kappa shape index (κ1) is 15.5. The summed E-state index contributed by atoms with van der Waals surface area (Å²) in [5.74, 6) is -0.796. The summed E-state index contributed by atoms with van der Waals surface area (Å²) in [6, 6.07) is 16.1. The number of para-hydroxylation sites is 1. The molecule has 0 saturated heterocycles. The van der Waals surface area contributed by atoms with Crippen molar-refractivity contribution in [2.75, 3.05) is 0 Å². The Kier molecular flexibility index (Phi) is 4.02. The van der Waals surface area contributed by atoms with Gasteiger partial charge in [0.2, 0.25) is 0 Å². The third-order valence-corrected chi connectivity index (χ3v) is 4.73. The fraction of sp³-hybridized carbons (Fsp3) is 0. The smallest absolute Gasteiger partial charge is 0.266 e. The van der Waals surface area contributed by atoms with Crippen molar-refractivity contribution in [1.29, 1.82) is 0 Å². The fourth-order valence-electron chi connectivity index (χ4n) is 2.06. The number of hydrogen-bond acceptors (Lipinski definition) is 4. The Labute approximate surface area is 138 Å². The first-order valence-electron chi connectivity index (χ1n) is 6.64. The van der Waals surface area contributed by atoms with Gasteiger partial charge in [0.05, 0.1) is 10.4 Å². The average molecular weight is 347 g/mol. The van der Waals surface area contributed by atoms with E-state index >= 15 is 0 Å². The van der Waals surface area contributed by atoms with Crippen molar-refractivity contribution in [3.63, 3.8) is 0 Å². The second kappa shape index (κ2) is 5.98. The maximum Gasteiger partial charge on any atom is 0.283 e. The Morgan fingerprint density at radius 1 is 1.00 bits per heavy atom. The lowest BCUT2D eigenvalue weighted by molar-refractivity contribution is 0.0977. The van der Waals surface area contributed by atoms with Gasteiger partial charge in [-0.15, -0.1) is 0 Å². The van der Waals surface area contributed by atoms with Crippen LogP contribution >= 0.6 is 11.6 Å². The number of amides is 1. The van der Waals surface area contributed by atoms with Crippen LogP contribution in [0.15, 0.2) is 65.6 Å². The Balaban J connectivity index is 1.90. The second-order valence-electron chi connectivity index (χ2n) is 4.78. The summed E-state index contributed by atoms with van der Waals surface area (Å²) >= 11 is 5.78. The van der Waals surface area contributed by atoms with Crippen molar-refractivity contribution < 1.29 is 13.2 Å². The van der Waals surface area contributed by atoms with Gasteiger partial charge in [-0.3, -0.25) is 4.79 Å². The Morgan fingerprint density at radius 2 is 1.78 bits per heavy atom. The number of nitrogens with zero attached hydrogens (tertiary/aromatic N) is 1. The number of aromatic nitrogens is 1. The zero-order valence-corrected chi connectivity index (χ0v) is 13.3. The van der Waals surface area contributed by atoms with E-state index in [2.05, 4.69) is 4.98 Å². The van der Waals surface area contributed by atoms with Crippen LogP contribution in [0.25, 0.3) is 10.9 Å². The maximum absolute atomic E-state index is 12.2. The van der Waals surface area contributed by atoms with Gasteiger partial charge in [0, 0.05) is 10.4 Å². The van der Waals surface area contributed by atoms with Crippen molar-refractivity contribution in [1.82, 2.24) is 9.71 Å². The van der Waals surface area contributed by atoms with Crippen LogP contribution in [-0.4, -0.2) is 19.3 Å². The third-order valence-electron chi connectivity index (χ3n) is 3.16. The summed E-state index contributed by atoms with van der Waals surface area (Å²) in [6.45, 7) is 0. The lowest BCUT2D eigenvalue weighted by atomic mass is 10.2. The highest BCUT2D eigenvalue weighted by molar-refractivity contribution is 7.90. The van der Waals surface area contributed by atoms with Crippen molar-refractivity contribution in [2.24, 2.45) is 0 Å². The molecule has 0 aliphatic rings. The van der Waals surface area contributed by atoms with Crippen LogP contribution in [0, 0.1) is 0 Å². The molecule has 0 spiro atoms. The minimum absolute atomic E-state index is 0.0225. The van der Waals surface area contributed by atoms with Gasteiger partial charge >= 0.3 is 0 Å². The van der Waals surface area contributed by atoms with E-state index in [0.717, 1.165) is 5.39 Å². The molecular weight excluding hydrogens is 336 g/mol. The lowest BCUT2D eigenvalue weighted by Gasteiger charge is -2.07. The van der Waals surface area contributed by atoms with Crippen LogP contribution in [0.4, 0.5) is 0 Å². The second-order valence-corrected chi connectivity index (χ2v) is 6.90. The molecular formula is C16H11ClN2O3S. The predicted octanol–water partition coefficient (Wildman–Crippen LogP) is 3.01. The fourth-order valence-corrected chi connectivity index (χ4v) is 3.32. The number of halogens is 1. The standard InChI is InChI=1S/C16H11ClN2O3S/c17-12-5-3-6-13(10-12)23(21,22)19-16(20)15-9-8-11-4-1-2-7-14(11)18-15/h1-10H,(H,19,20). The summed E-state index contributed by atoms with van der Waals surface area (Å²) in [4.78, 5) is 16.3. The average Bonchev–Trinajstić information content (AvgIpc) is 2.54. The molecule has 7 heteroatoms. The van der Waals surface area contributed by atoms with Gasteiger partial charge in [0.25, 0.3) is 15.9 Å². The van der Waals surface area contributed by atoms with E-state index in [9.17, 15) is 13.2 Å². The van der Waals surface area contributed by atoms with Crippen LogP contribution in [0.5, 0.6) is 0 Å². The van der Waals surface area contributed by atoms with Crippen LogP contribution in [0.3, 0.4) is 0 Å². The van der Waals surface area contributed by atoms with Crippen molar-refractivity contribution in [3.8, 4) is 0 Å². The first-order chi connectivity index (χ1) is 11.0. The molecule has 0 fully saturated rings. The molecule has 1 N–H and O–H groups in total. The van der Waals surface area contributed by atoms with Gasteiger partial charge in [0.15, 0.2) is 0 Å². The molecule has 3 aromatic rings. The lowest BCUT2D eigenvalue weighted by Crippen LogP contribution is -2.31. The number of fused-ring (bicyclic) bond motifs is 1. The summed E-state index contributed by atoms with van der Waals surface area (Å²) < 4.78 is 26.4. The van der Waals surface area contributed by atoms with E-state index < -0.39 is 15.9 Å². The number of sulfonamides is 1. The molecule has 1 amide bonds. The van der Waals surface area contributed by atoms with E-state index in [-0.39, 0.29) is 15.6 Å². The topological polar surface area (TPSA) is 76.1 Å². The molecule has 0 aliphatic carbocycles. The molecule has 0 aliphatic heterocycles. The monoisotopic (exact) mass is 346 g/mol. The minimum Gasteiger partial charge on any atom is -0.266 e. The van der Waals surface area contributed by atoms with Gasteiger partial charge in [0.1, 0.15) is 5.69 Å². The number of pyridine rings is 1. The van der Waals surface area contributed by atoms with Gasteiger partial charge in [-0.2, -0.15) is 0 Å². The molecule has 2 aromatic carbocycles. The van der Waals surface area contributed by atoms with E-state index in [1.807, 2.05) is 16.9 Å². The number of carbonyl (C=O) groups excluding carboxylic acids is 1. The molecule has 0 radical (unpaired) electrons. The molecule has 116 valence electrons. The van der Waals surface area contributed by atoms with Crippen molar-refractivity contribution >= 4 is 38.4 Å². The molecule has 0 bridgehead atoms. The number of benzene rings is 2. The van der Waals surface area contributed by atoms with E-state index in [1.165, 1.54) is 24.3 Å². The van der Waals surface area contributed by atoms with Gasteiger partial charge in [-0.1, -0.05) is 41.9 Å². The quantitative estimate of drug-likeness (QED) is 0.791. The Hall–Kier alpha value is -2.44. The minimum atomic E-state index is -4.01.